The molecule has 3 aromatic rings. The Morgan fingerprint density at radius 2 is 1.66 bits per heavy atom. The number of amides is 1. The van der Waals surface area contributed by atoms with Crippen LogP contribution in [-0.4, -0.2) is 46.3 Å². The van der Waals surface area contributed by atoms with Crippen molar-refractivity contribution in [2.45, 2.75) is 39.0 Å². The molecule has 7 heteroatoms. The third kappa shape index (κ3) is 5.87. The minimum Gasteiger partial charge on any atom is -0.343 e. The number of hydrogen-bond acceptors (Lipinski definition) is 5. The van der Waals surface area contributed by atoms with Crippen molar-refractivity contribution in [3.8, 4) is 0 Å². The highest BCUT2D eigenvalue weighted by molar-refractivity contribution is 7.09. The Morgan fingerprint density at radius 1 is 0.969 bits per heavy atom. The Kier molecular flexibility index (Phi) is 7.76. The van der Waals surface area contributed by atoms with E-state index in [-0.39, 0.29) is 5.91 Å². The van der Waals surface area contributed by atoms with Crippen LogP contribution in [0.4, 0.5) is 5.13 Å². The van der Waals surface area contributed by atoms with Crippen molar-refractivity contribution < 1.29 is 4.79 Å². The molecule has 2 heterocycles. The van der Waals surface area contributed by atoms with E-state index >= 15 is 0 Å². The van der Waals surface area contributed by atoms with Crippen LogP contribution in [0.15, 0.2) is 48.5 Å². The summed E-state index contributed by atoms with van der Waals surface area (Å²) >= 11 is 7.39. The Balaban J connectivity index is 1.29. The molecule has 1 fully saturated rings. The molecule has 168 valence electrons. The highest BCUT2D eigenvalue weighted by Crippen LogP contribution is 2.22. The number of carbonyl (C=O) groups is 1. The molecule has 0 spiro atoms. The van der Waals surface area contributed by atoms with Gasteiger partial charge in [0, 0.05) is 54.7 Å². The second-order valence-corrected chi connectivity index (χ2v) is 9.40. The van der Waals surface area contributed by atoms with Crippen molar-refractivity contribution in [2.24, 2.45) is 0 Å². The number of halogens is 1. The molecule has 0 bridgehead atoms. The van der Waals surface area contributed by atoms with E-state index in [2.05, 4.69) is 28.3 Å². The van der Waals surface area contributed by atoms with Crippen LogP contribution in [0.1, 0.15) is 53.5 Å². The molecular formula is C25H29ClN4OS. The summed E-state index contributed by atoms with van der Waals surface area (Å²) in [4.78, 5) is 21.8. The number of rotatable bonds is 8. The van der Waals surface area contributed by atoms with Crippen LogP contribution in [0.2, 0.25) is 5.02 Å². The van der Waals surface area contributed by atoms with Crippen LogP contribution in [0, 0.1) is 0 Å². The average molecular weight is 469 g/mol. The van der Waals surface area contributed by atoms with Gasteiger partial charge in [-0.05, 0) is 48.2 Å². The van der Waals surface area contributed by atoms with Crippen molar-refractivity contribution in [3.63, 3.8) is 0 Å². The summed E-state index contributed by atoms with van der Waals surface area (Å²) in [6.45, 7) is 5.16. The molecule has 1 amide bonds. The molecular weight excluding hydrogens is 440 g/mol. The molecule has 0 N–H and O–H groups in total. The van der Waals surface area contributed by atoms with E-state index in [0.717, 1.165) is 46.6 Å². The summed E-state index contributed by atoms with van der Waals surface area (Å²) in [6, 6.07) is 15.9. The molecule has 0 atom stereocenters. The molecule has 1 aromatic heterocycles. The minimum atomic E-state index is 0.116. The van der Waals surface area contributed by atoms with Crippen LogP contribution in [0.3, 0.4) is 0 Å². The summed E-state index contributed by atoms with van der Waals surface area (Å²) in [7, 11) is 0. The average Bonchev–Trinajstić information content (AvgIpc) is 3.29. The van der Waals surface area contributed by atoms with Crippen LogP contribution >= 0.6 is 23.1 Å². The molecule has 0 unspecified atom stereocenters. The van der Waals surface area contributed by atoms with Crippen LogP contribution in [-0.2, 0) is 12.8 Å². The summed E-state index contributed by atoms with van der Waals surface area (Å²) in [6.07, 6.45) is 5.47. The lowest BCUT2D eigenvalue weighted by Gasteiger charge is -2.34. The quantitative estimate of drug-likeness (QED) is 0.411. The van der Waals surface area contributed by atoms with E-state index in [1.807, 2.05) is 41.3 Å². The number of nitrogens with zero attached hydrogens (tertiary/aromatic N) is 4. The van der Waals surface area contributed by atoms with Gasteiger partial charge >= 0.3 is 0 Å². The Labute approximate surface area is 199 Å². The zero-order valence-electron chi connectivity index (χ0n) is 18.5. The Hall–Kier alpha value is -2.44. The van der Waals surface area contributed by atoms with Gasteiger partial charge in [0.05, 0.1) is 0 Å². The molecule has 1 aliphatic heterocycles. The molecule has 5 nitrogen and oxygen atoms in total. The summed E-state index contributed by atoms with van der Waals surface area (Å²) in [5, 5.41) is 1.66. The Morgan fingerprint density at radius 3 is 2.34 bits per heavy atom. The summed E-state index contributed by atoms with van der Waals surface area (Å²) in [5.41, 5.74) is 3.23. The number of unbranched alkanes of at least 4 members (excludes halogenated alkanes) is 2. The minimum absolute atomic E-state index is 0.116. The molecule has 1 saturated heterocycles. The molecule has 0 saturated carbocycles. The standard InChI is InChI=1S/C25H29ClN4OS/c1-2-3-4-5-19-6-10-21(11-7-19)24(31)29-14-16-30(17-15-29)25-27-23(28-32-25)18-20-8-12-22(26)13-9-20/h6-13H,2-5,14-18H2,1H3. The number of carbonyl (C=O) groups excluding carboxylic acids is 1. The van der Waals surface area contributed by atoms with Crippen LogP contribution < -0.4 is 4.90 Å². The maximum atomic E-state index is 12.9. The molecule has 2 aromatic carbocycles. The maximum absolute atomic E-state index is 12.9. The Bertz CT molecular complexity index is 1010. The largest absolute Gasteiger partial charge is 0.343 e. The predicted molar refractivity (Wildman–Crippen MR) is 132 cm³/mol. The van der Waals surface area contributed by atoms with Gasteiger partial charge in [0.2, 0.25) is 5.13 Å². The van der Waals surface area contributed by atoms with Crippen LogP contribution in [0.25, 0.3) is 0 Å². The predicted octanol–water partition coefficient (Wildman–Crippen LogP) is 5.48. The van der Waals surface area contributed by atoms with E-state index in [1.54, 1.807) is 0 Å². The smallest absolute Gasteiger partial charge is 0.253 e. The first-order valence-electron chi connectivity index (χ1n) is 11.3. The van der Waals surface area contributed by atoms with Crippen molar-refractivity contribution in [1.82, 2.24) is 14.3 Å². The number of anilines is 1. The normalized spacial score (nSPS) is 14.1. The molecule has 0 aliphatic carbocycles. The zero-order chi connectivity index (χ0) is 22.3. The lowest BCUT2D eigenvalue weighted by molar-refractivity contribution is 0.0746. The molecule has 4 rings (SSSR count). The first-order chi connectivity index (χ1) is 15.6. The van der Waals surface area contributed by atoms with E-state index in [1.165, 1.54) is 36.4 Å². The number of aromatic nitrogens is 2. The van der Waals surface area contributed by atoms with Gasteiger partial charge in [-0.3, -0.25) is 4.79 Å². The van der Waals surface area contributed by atoms with Gasteiger partial charge in [-0.1, -0.05) is 55.6 Å². The number of aryl methyl sites for hydroxylation is 1. The fourth-order valence-corrected chi connectivity index (χ4v) is 4.77. The zero-order valence-corrected chi connectivity index (χ0v) is 20.0. The SMILES string of the molecule is CCCCCc1ccc(C(=O)N2CCN(c3nc(Cc4ccc(Cl)cc4)ns3)CC2)cc1. The highest BCUT2D eigenvalue weighted by Gasteiger charge is 2.24. The van der Waals surface area contributed by atoms with E-state index < -0.39 is 0 Å². The summed E-state index contributed by atoms with van der Waals surface area (Å²) in [5.74, 6) is 0.940. The summed E-state index contributed by atoms with van der Waals surface area (Å²) < 4.78 is 4.52. The van der Waals surface area contributed by atoms with Crippen LogP contribution in [0.5, 0.6) is 0 Å². The monoisotopic (exact) mass is 468 g/mol. The van der Waals surface area contributed by atoms with Gasteiger partial charge < -0.3 is 9.80 Å². The fourth-order valence-electron chi connectivity index (χ4n) is 3.91. The van der Waals surface area contributed by atoms with E-state index in [4.69, 9.17) is 16.6 Å². The molecule has 0 radical (unpaired) electrons. The highest BCUT2D eigenvalue weighted by atomic mass is 35.5. The van der Waals surface area contributed by atoms with Crippen molar-refractivity contribution in [1.29, 1.82) is 0 Å². The number of piperazine rings is 1. The first kappa shape index (κ1) is 22.7. The fraction of sp³-hybridized carbons (Fsp3) is 0.400. The van der Waals surface area contributed by atoms with Gasteiger partial charge in [-0.15, -0.1) is 0 Å². The maximum Gasteiger partial charge on any atom is 0.253 e. The number of hydrogen-bond donors (Lipinski definition) is 0. The van der Waals surface area contributed by atoms with E-state index in [0.29, 0.717) is 19.5 Å². The van der Waals surface area contributed by atoms with Crippen molar-refractivity contribution in [3.05, 3.63) is 76.1 Å². The lowest BCUT2D eigenvalue weighted by Crippen LogP contribution is -2.48. The van der Waals surface area contributed by atoms with E-state index in [9.17, 15) is 4.79 Å². The third-order valence-corrected chi connectivity index (χ3v) is 6.91. The molecule has 32 heavy (non-hydrogen) atoms. The third-order valence-electron chi connectivity index (χ3n) is 5.84. The second kappa shape index (κ2) is 10.9. The van der Waals surface area contributed by atoms with Gasteiger partial charge in [0.15, 0.2) is 0 Å². The van der Waals surface area contributed by atoms with Gasteiger partial charge in [0.25, 0.3) is 5.91 Å². The van der Waals surface area contributed by atoms with Gasteiger partial charge in [-0.25, -0.2) is 4.98 Å². The lowest BCUT2D eigenvalue weighted by atomic mass is 10.0. The van der Waals surface area contributed by atoms with Gasteiger partial charge in [0.1, 0.15) is 5.82 Å². The van der Waals surface area contributed by atoms with Gasteiger partial charge in [-0.2, -0.15) is 4.37 Å². The number of benzene rings is 2. The molecule has 1 aliphatic rings. The second-order valence-electron chi connectivity index (χ2n) is 8.23. The topological polar surface area (TPSA) is 49.3 Å². The first-order valence-corrected chi connectivity index (χ1v) is 12.5. The van der Waals surface area contributed by atoms with Crippen molar-refractivity contribution in [2.75, 3.05) is 31.1 Å². The van der Waals surface area contributed by atoms with Crippen molar-refractivity contribution >= 4 is 34.2 Å².